The van der Waals surface area contributed by atoms with Crippen LogP contribution in [0, 0.1) is 6.92 Å². The number of para-hydroxylation sites is 1. The van der Waals surface area contributed by atoms with E-state index in [1.807, 2.05) is 31.4 Å². The number of rotatable bonds is 5. The second-order valence-corrected chi connectivity index (χ2v) is 4.94. The van der Waals surface area contributed by atoms with Crippen LogP contribution >= 0.6 is 11.3 Å². The summed E-state index contributed by atoms with van der Waals surface area (Å²) in [6, 6.07) is 7.23. The van der Waals surface area contributed by atoms with Crippen molar-refractivity contribution in [2.45, 2.75) is 20.4 Å². The van der Waals surface area contributed by atoms with Crippen molar-refractivity contribution in [2.75, 3.05) is 6.61 Å². The molecule has 1 amide bonds. The third-order valence-electron chi connectivity index (χ3n) is 2.50. The first-order valence-corrected chi connectivity index (χ1v) is 6.99. The standard InChI is InChI=1S/C14H16N2O2S/c1-3-18-12-7-5-4-6-11(12)14(17)15-8-13-16-10(2)9-19-13/h4-7,9H,3,8H2,1-2H3,(H,15,17). The van der Waals surface area contributed by atoms with E-state index < -0.39 is 0 Å². The summed E-state index contributed by atoms with van der Waals surface area (Å²) in [6.07, 6.45) is 0. The van der Waals surface area contributed by atoms with Gasteiger partial charge in [-0.25, -0.2) is 4.98 Å². The number of aryl methyl sites for hydroxylation is 1. The van der Waals surface area contributed by atoms with Crippen LogP contribution in [0.1, 0.15) is 28.0 Å². The van der Waals surface area contributed by atoms with Crippen LogP contribution in [0.15, 0.2) is 29.6 Å². The number of nitrogens with zero attached hydrogens (tertiary/aromatic N) is 1. The zero-order valence-electron chi connectivity index (χ0n) is 11.0. The molecule has 4 nitrogen and oxygen atoms in total. The fourth-order valence-electron chi connectivity index (χ4n) is 1.67. The highest BCUT2D eigenvalue weighted by molar-refractivity contribution is 7.09. The number of benzene rings is 1. The molecular formula is C14H16N2O2S. The summed E-state index contributed by atoms with van der Waals surface area (Å²) in [7, 11) is 0. The van der Waals surface area contributed by atoms with Gasteiger partial charge in [0.1, 0.15) is 10.8 Å². The number of amides is 1. The van der Waals surface area contributed by atoms with Gasteiger partial charge in [0.15, 0.2) is 0 Å². The lowest BCUT2D eigenvalue weighted by molar-refractivity contribution is 0.0947. The van der Waals surface area contributed by atoms with Gasteiger partial charge in [-0.05, 0) is 26.0 Å². The van der Waals surface area contributed by atoms with Gasteiger partial charge in [-0.2, -0.15) is 0 Å². The molecule has 1 aromatic heterocycles. The smallest absolute Gasteiger partial charge is 0.255 e. The van der Waals surface area contributed by atoms with Gasteiger partial charge in [0.25, 0.3) is 5.91 Å². The van der Waals surface area contributed by atoms with Crippen LogP contribution in [0.5, 0.6) is 5.75 Å². The number of hydrogen-bond donors (Lipinski definition) is 1. The van der Waals surface area contributed by atoms with E-state index >= 15 is 0 Å². The average Bonchev–Trinajstić information content (AvgIpc) is 2.83. The predicted molar refractivity (Wildman–Crippen MR) is 75.6 cm³/mol. The largest absolute Gasteiger partial charge is 0.493 e. The third kappa shape index (κ3) is 3.54. The number of carbonyl (C=O) groups excluding carboxylic acids is 1. The van der Waals surface area contributed by atoms with Crippen molar-refractivity contribution in [1.29, 1.82) is 0 Å². The molecule has 0 atom stereocenters. The van der Waals surface area contributed by atoms with Crippen LogP contribution in [0.4, 0.5) is 0 Å². The fraction of sp³-hybridized carbons (Fsp3) is 0.286. The molecule has 1 N–H and O–H groups in total. The van der Waals surface area contributed by atoms with E-state index in [1.54, 1.807) is 23.5 Å². The van der Waals surface area contributed by atoms with Crippen LogP contribution in [-0.4, -0.2) is 17.5 Å². The summed E-state index contributed by atoms with van der Waals surface area (Å²) in [5.41, 5.74) is 1.53. The molecule has 1 aromatic carbocycles. The van der Waals surface area contributed by atoms with Gasteiger partial charge < -0.3 is 10.1 Å². The van der Waals surface area contributed by atoms with Crippen molar-refractivity contribution in [3.8, 4) is 5.75 Å². The third-order valence-corrected chi connectivity index (χ3v) is 3.46. The van der Waals surface area contributed by atoms with Crippen LogP contribution in [0.25, 0.3) is 0 Å². The molecule has 0 radical (unpaired) electrons. The topological polar surface area (TPSA) is 51.2 Å². The fourth-order valence-corrected chi connectivity index (χ4v) is 2.38. The van der Waals surface area contributed by atoms with E-state index in [2.05, 4.69) is 10.3 Å². The monoisotopic (exact) mass is 276 g/mol. The summed E-state index contributed by atoms with van der Waals surface area (Å²) in [5, 5.41) is 5.73. The number of ether oxygens (including phenoxy) is 1. The van der Waals surface area contributed by atoms with E-state index in [9.17, 15) is 4.79 Å². The minimum Gasteiger partial charge on any atom is -0.493 e. The molecule has 2 rings (SSSR count). The Morgan fingerprint density at radius 2 is 2.21 bits per heavy atom. The Morgan fingerprint density at radius 1 is 1.42 bits per heavy atom. The molecular weight excluding hydrogens is 260 g/mol. The zero-order valence-corrected chi connectivity index (χ0v) is 11.8. The lowest BCUT2D eigenvalue weighted by Crippen LogP contribution is -2.23. The predicted octanol–water partition coefficient (Wildman–Crippen LogP) is 2.78. The Kier molecular flexibility index (Phi) is 4.52. The number of thiazole rings is 1. The average molecular weight is 276 g/mol. The van der Waals surface area contributed by atoms with Gasteiger partial charge in [-0.1, -0.05) is 12.1 Å². The summed E-state index contributed by atoms with van der Waals surface area (Å²) >= 11 is 1.54. The lowest BCUT2D eigenvalue weighted by atomic mass is 10.2. The molecule has 0 saturated carbocycles. The molecule has 19 heavy (non-hydrogen) atoms. The summed E-state index contributed by atoms with van der Waals surface area (Å²) in [5.74, 6) is 0.467. The first-order valence-electron chi connectivity index (χ1n) is 6.11. The second kappa shape index (κ2) is 6.33. The quantitative estimate of drug-likeness (QED) is 0.913. The minimum atomic E-state index is -0.142. The highest BCUT2D eigenvalue weighted by Crippen LogP contribution is 2.18. The van der Waals surface area contributed by atoms with Gasteiger partial charge in [0.05, 0.1) is 18.7 Å². The van der Waals surface area contributed by atoms with E-state index in [0.29, 0.717) is 24.5 Å². The van der Waals surface area contributed by atoms with Crippen molar-refractivity contribution >= 4 is 17.2 Å². The van der Waals surface area contributed by atoms with Gasteiger partial charge in [-0.15, -0.1) is 11.3 Å². The molecule has 0 unspecified atom stereocenters. The maximum Gasteiger partial charge on any atom is 0.255 e. The molecule has 0 bridgehead atoms. The molecule has 100 valence electrons. The van der Waals surface area contributed by atoms with E-state index in [-0.39, 0.29) is 5.91 Å². The van der Waals surface area contributed by atoms with Crippen LogP contribution < -0.4 is 10.1 Å². The number of nitrogens with one attached hydrogen (secondary N) is 1. The molecule has 5 heteroatoms. The van der Waals surface area contributed by atoms with Gasteiger partial charge in [0, 0.05) is 11.1 Å². The van der Waals surface area contributed by atoms with Gasteiger partial charge in [0.2, 0.25) is 0 Å². The Bertz CT molecular complexity index is 566. The van der Waals surface area contributed by atoms with E-state index in [4.69, 9.17) is 4.74 Å². The Morgan fingerprint density at radius 3 is 2.89 bits per heavy atom. The SMILES string of the molecule is CCOc1ccccc1C(=O)NCc1nc(C)cs1. The van der Waals surface area contributed by atoms with E-state index in [0.717, 1.165) is 10.7 Å². The van der Waals surface area contributed by atoms with Gasteiger partial charge in [-0.3, -0.25) is 4.79 Å². The summed E-state index contributed by atoms with van der Waals surface area (Å²) in [6.45, 7) is 4.81. The molecule has 0 aliphatic heterocycles. The Balaban J connectivity index is 2.03. The van der Waals surface area contributed by atoms with Gasteiger partial charge >= 0.3 is 0 Å². The highest BCUT2D eigenvalue weighted by atomic mass is 32.1. The lowest BCUT2D eigenvalue weighted by Gasteiger charge is -2.09. The molecule has 0 fully saturated rings. The first kappa shape index (κ1) is 13.5. The molecule has 0 spiro atoms. The Hall–Kier alpha value is -1.88. The molecule has 1 heterocycles. The van der Waals surface area contributed by atoms with Crippen LogP contribution in [0.3, 0.4) is 0 Å². The Labute approximate surface area is 116 Å². The van der Waals surface area contributed by atoms with E-state index in [1.165, 1.54) is 0 Å². The maximum absolute atomic E-state index is 12.1. The van der Waals surface area contributed by atoms with Crippen molar-refractivity contribution < 1.29 is 9.53 Å². The van der Waals surface area contributed by atoms with Crippen molar-refractivity contribution in [3.63, 3.8) is 0 Å². The molecule has 0 saturated heterocycles. The highest BCUT2D eigenvalue weighted by Gasteiger charge is 2.11. The zero-order chi connectivity index (χ0) is 13.7. The first-order chi connectivity index (χ1) is 9.20. The molecule has 0 aliphatic carbocycles. The van der Waals surface area contributed by atoms with Crippen LogP contribution in [0.2, 0.25) is 0 Å². The maximum atomic E-state index is 12.1. The van der Waals surface area contributed by atoms with Crippen molar-refractivity contribution in [1.82, 2.24) is 10.3 Å². The van der Waals surface area contributed by atoms with Crippen molar-refractivity contribution in [2.24, 2.45) is 0 Å². The van der Waals surface area contributed by atoms with Crippen LogP contribution in [-0.2, 0) is 6.54 Å². The molecule has 0 aliphatic rings. The molecule has 2 aromatic rings. The number of hydrogen-bond acceptors (Lipinski definition) is 4. The summed E-state index contributed by atoms with van der Waals surface area (Å²) in [4.78, 5) is 16.4. The second-order valence-electron chi connectivity index (χ2n) is 3.99. The number of aromatic nitrogens is 1. The normalized spacial score (nSPS) is 10.2. The number of carbonyl (C=O) groups is 1. The summed E-state index contributed by atoms with van der Waals surface area (Å²) < 4.78 is 5.44. The minimum absolute atomic E-state index is 0.142. The van der Waals surface area contributed by atoms with Crippen molar-refractivity contribution in [3.05, 3.63) is 45.9 Å².